The van der Waals surface area contributed by atoms with Gasteiger partial charge in [0, 0.05) is 12.5 Å². The van der Waals surface area contributed by atoms with Crippen LogP contribution in [0.2, 0.25) is 0 Å². The van der Waals surface area contributed by atoms with Gasteiger partial charge >= 0.3 is 11.9 Å². The molecule has 0 fully saturated rings. The van der Waals surface area contributed by atoms with Crippen molar-refractivity contribution >= 4 is 18.0 Å². The second-order valence-electron chi connectivity index (χ2n) is 4.92. The van der Waals surface area contributed by atoms with E-state index in [4.69, 9.17) is 14.2 Å². The molecule has 1 aliphatic rings. The van der Waals surface area contributed by atoms with Crippen LogP contribution in [0.1, 0.15) is 22.8 Å². The molecule has 0 saturated carbocycles. The molecular weight excluding hydrogens is 296 g/mol. The van der Waals surface area contributed by atoms with Crippen molar-refractivity contribution in [2.75, 3.05) is 6.61 Å². The molecule has 5 nitrogen and oxygen atoms in total. The molecule has 23 heavy (non-hydrogen) atoms. The van der Waals surface area contributed by atoms with Gasteiger partial charge in [-0.25, -0.2) is 4.79 Å². The fourth-order valence-electron chi connectivity index (χ4n) is 2.21. The van der Waals surface area contributed by atoms with Crippen molar-refractivity contribution in [3.8, 4) is 11.5 Å². The van der Waals surface area contributed by atoms with Crippen LogP contribution < -0.4 is 9.47 Å². The highest BCUT2D eigenvalue weighted by molar-refractivity contribution is 5.93. The van der Waals surface area contributed by atoms with E-state index in [0.29, 0.717) is 28.4 Å². The summed E-state index contributed by atoms with van der Waals surface area (Å²) in [7, 11) is 0. The SMILES string of the molecule is CC(=O)Oc1ccccc1/C=C1/COc2ccccc2C(=O)O1. The van der Waals surface area contributed by atoms with Crippen LogP contribution in [-0.4, -0.2) is 18.5 Å². The number of esters is 2. The van der Waals surface area contributed by atoms with Gasteiger partial charge in [0.1, 0.15) is 29.4 Å². The Morgan fingerprint density at radius 1 is 1.13 bits per heavy atom. The zero-order valence-electron chi connectivity index (χ0n) is 12.4. The van der Waals surface area contributed by atoms with Gasteiger partial charge in [-0.1, -0.05) is 30.3 Å². The van der Waals surface area contributed by atoms with Crippen LogP contribution in [0.25, 0.3) is 6.08 Å². The molecule has 2 aromatic rings. The molecule has 0 radical (unpaired) electrons. The lowest BCUT2D eigenvalue weighted by atomic mass is 10.2. The molecule has 116 valence electrons. The van der Waals surface area contributed by atoms with Crippen LogP contribution in [0.3, 0.4) is 0 Å². The topological polar surface area (TPSA) is 61.8 Å². The van der Waals surface area contributed by atoms with Crippen LogP contribution >= 0.6 is 0 Å². The standard InChI is InChI=1S/C18H14O5/c1-12(19)22-16-8-4-2-6-13(16)10-14-11-21-17-9-5-3-7-15(17)18(20)23-14/h2-10H,11H2,1H3/b14-10-. The van der Waals surface area contributed by atoms with Crippen LogP contribution in [0.5, 0.6) is 11.5 Å². The second-order valence-corrected chi connectivity index (χ2v) is 4.92. The number of carbonyl (C=O) groups excluding carboxylic acids is 2. The molecule has 0 bridgehead atoms. The molecule has 0 saturated heterocycles. The monoisotopic (exact) mass is 310 g/mol. The van der Waals surface area contributed by atoms with Crippen LogP contribution in [0.4, 0.5) is 0 Å². The Morgan fingerprint density at radius 3 is 2.70 bits per heavy atom. The molecule has 0 aliphatic carbocycles. The van der Waals surface area contributed by atoms with E-state index >= 15 is 0 Å². The van der Waals surface area contributed by atoms with E-state index in [9.17, 15) is 9.59 Å². The first kappa shape index (κ1) is 14.8. The van der Waals surface area contributed by atoms with Crippen molar-refractivity contribution < 1.29 is 23.8 Å². The van der Waals surface area contributed by atoms with Gasteiger partial charge in [0.05, 0.1) is 0 Å². The predicted molar refractivity (Wildman–Crippen MR) is 83.1 cm³/mol. The molecule has 0 amide bonds. The third kappa shape index (κ3) is 3.40. The van der Waals surface area contributed by atoms with Crippen LogP contribution in [-0.2, 0) is 9.53 Å². The lowest BCUT2D eigenvalue weighted by Gasteiger charge is -2.08. The van der Waals surface area contributed by atoms with E-state index in [2.05, 4.69) is 0 Å². The number of fused-ring (bicyclic) bond motifs is 1. The third-order valence-corrected chi connectivity index (χ3v) is 3.19. The lowest BCUT2D eigenvalue weighted by molar-refractivity contribution is -0.131. The summed E-state index contributed by atoms with van der Waals surface area (Å²) in [6.07, 6.45) is 1.63. The van der Waals surface area contributed by atoms with Crippen molar-refractivity contribution in [1.29, 1.82) is 0 Å². The number of para-hydroxylation sites is 2. The van der Waals surface area contributed by atoms with Gasteiger partial charge < -0.3 is 14.2 Å². The minimum Gasteiger partial charge on any atom is -0.485 e. The summed E-state index contributed by atoms with van der Waals surface area (Å²) < 4.78 is 16.1. The van der Waals surface area contributed by atoms with Crippen molar-refractivity contribution in [3.05, 3.63) is 65.4 Å². The zero-order valence-corrected chi connectivity index (χ0v) is 12.4. The molecule has 0 aromatic heterocycles. The minimum atomic E-state index is -0.477. The quantitative estimate of drug-likeness (QED) is 0.629. The average Bonchev–Trinajstić information content (AvgIpc) is 2.69. The number of cyclic esters (lactones) is 1. The normalized spacial score (nSPS) is 15.2. The minimum absolute atomic E-state index is 0.108. The molecule has 1 aliphatic heterocycles. The highest BCUT2D eigenvalue weighted by Gasteiger charge is 2.20. The van der Waals surface area contributed by atoms with E-state index in [0.717, 1.165) is 0 Å². The fourth-order valence-corrected chi connectivity index (χ4v) is 2.21. The van der Waals surface area contributed by atoms with Gasteiger partial charge in [0.2, 0.25) is 0 Å². The molecule has 0 N–H and O–H groups in total. The first-order valence-corrected chi connectivity index (χ1v) is 7.05. The van der Waals surface area contributed by atoms with E-state index < -0.39 is 11.9 Å². The Balaban J connectivity index is 1.90. The number of rotatable bonds is 2. The second kappa shape index (κ2) is 6.36. The third-order valence-electron chi connectivity index (χ3n) is 3.19. The van der Waals surface area contributed by atoms with Crippen LogP contribution in [0, 0.1) is 0 Å². The Kier molecular flexibility index (Phi) is 4.10. The Bertz CT molecular complexity index is 792. The van der Waals surface area contributed by atoms with E-state index in [1.165, 1.54) is 6.92 Å². The van der Waals surface area contributed by atoms with Crippen molar-refractivity contribution in [3.63, 3.8) is 0 Å². The van der Waals surface area contributed by atoms with Crippen molar-refractivity contribution in [1.82, 2.24) is 0 Å². The molecule has 1 heterocycles. The number of carbonyl (C=O) groups is 2. The lowest BCUT2D eigenvalue weighted by Crippen LogP contribution is -2.06. The predicted octanol–water partition coefficient (Wildman–Crippen LogP) is 3.20. The number of hydrogen-bond donors (Lipinski definition) is 0. The molecule has 2 aromatic carbocycles. The highest BCUT2D eigenvalue weighted by Crippen LogP contribution is 2.27. The number of ether oxygens (including phenoxy) is 3. The maximum absolute atomic E-state index is 12.1. The molecule has 3 rings (SSSR count). The summed E-state index contributed by atoms with van der Waals surface area (Å²) in [6, 6.07) is 13.9. The molecular formula is C18H14O5. The summed E-state index contributed by atoms with van der Waals surface area (Å²) in [5, 5.41) is 0. The molecule has 0 unspecified atom stereocenters. The molecule has 0 atom stereocenters. The maximum atomic E-state index is 12.1. The van der Waals surface area contributed by atoms with Gasteiger partial charge in [-0.05, 0) is 24.3 Å². The largest absolute Gasteiger partial charge is 0.485 e. The van der Waals surface area contributed by atoms with Gasteiger partial charge in [-0.3, -0.25) is 4.79 Å². The van der Waals surface area contributed by atoms with E-state index in [-0.39, 0.29) is 6.61 Å². The summed E-state index contributed by atoms with van der Waals surface area (Å²) in [5.74, 6) is 0.317. The van der Waals surface area contributed by atoms with Crippen LogP contribution in [0.15, 0.2) is 54.3 Å². The average molecular weight is 310 g/mol. The van der Waals surface area contributed by atoms with E-state index in [1.54, 1.807) is 54.6 Å². The van der Waals surface area contributed by atoms with Crippen molar-refractivity contribution in [2.45, 2.75) is 6.92 Å². The Hall–Kier alpha value is -3.08. The van der Waals surface area contributed by atoms with Gasteiger partial charge in [-0.2, -0.15) is 0 Å². The molecule has 5 heteroatoms. The first-order valence-electron chi connectivity index (χ1n) is 7.05. The van der Waals surface area contributed by atoms with Gasteiger partial charge in [0.15, 0.2) is 0 Å². The van der Waals surface area contributed by atoms with E-state index in [1.807, 2.05) is 0 Å². The Labute approximate surface area is 133 Å². The smallest absolute Gasteiger partial charge is 0.347 e. The van der Waals surface area contributed by atoms with Gasteiger partial charge in [0.25, 0.3) is 0 Å². The summed E-state index contributed by atoms with van der Waals surface area (Å²) in [5.41, 5.74) is 1.00. The number of benzene rings is 2. The molecule has 0 spiro atoms. The summed E-state index contributed by atoms with van der Waals surface area (Å²) >= 11 is 0. The maximum Gasteiger partial charge on any atom is 0.347 e. The Morgan fingerprint density at radius 2 is 1.87 bits per heavy atom. The first-order chi connectivity index (χ1) is 11.1. The number of hydrogen-bond acceptors (Lipinski definition) is 5. The highest BCUT2D eigenvalue weighted by atomic mass is 16.6. The zero-order chi connectivity index (χ0) is 16.2. The van der Waals surface area contributed by atoms with Gasteiger partial charge in [-0.15, -0.1) is 0 Å². The van der Waals surface area contributed by atoms with Crippen molar-refractivity contribution in [2.24, 2.45) is 0 Å². The summed E-state index contributed by atoms with van der Waals surface area (Å²) in [6.45, 7) is 1.44. The fraction of sp³-hybridized carbons (Fsp3) is 0.111. The summed E-state index contributed by atoms with van der Waals surface area (Å²) in [4.78, 5) is 23.3.